The van der Waals surface area contributed by atoms with E-state index in [1.165, 1.54) is 37.7 Å². The van der Waals surface area contributed by atoms with Crippen molar-refractivity contribution in [1.82, 2.24) is 0 Å². The highest BCUT2D eigenvalue weighted by molar-refractivity contribution is 5.23. The van der Waals surface area contributed by atoms with Crippen molar-refractivity contribution in [2.75, 3.05) is 0 Å². The van der Waals surface area contributed by atoms with E-state index >= 15 is 0 Å². The molecule has 1 saturated carbocycles. The molecule has 2 rings (SSSR count). The zero-order valence-corrected chi connectivity index (χ0v) is 8.77. The predicted octanol–water partition coefficient (Wildman–Crippen LogP) is 3.04. The first-order valence-corrected chi connectivity index (χ1v) is 5.47. The SMILES string of the molecule is CC1(O)C=C2CCCC[C@@]2(C)CC1. The summed E-state index contributed by atoms with van der Waals surface area (Å²) in [5.74, 6) is 0. The quantitative estimate of drug-likeness (QED) is 0.568. The summed E-state index contributed by atoms with van der Waals surface area (Å²) < 4.78 is 0. The molecule has 74 valence electrons. The van der Waals surface area contributed by atoms with Crippen LogP contribution in [0.1, 0.15) is 52.4 Å². The van der Waals surface area contributed by atoms with Gasteiger partial charge in [0.1, 0.15) is 0 Å². The summed E-state index contributed by atoms with van der Waals surface area (Å²) in [6.07, 6.45) is 9.48. The maximum absolute atomic E-state index is 9.95. The van der Waals surface area contributed by atoms with Gasteiger partial charge in [0.25, 0.3) is 0 Å². The lowest BCUT2D eigenvalue weighted by Crippen LogP contribution is -2.35. The number of allylic oxidation sites excluding steroid dienone is 1. The van der Waals surface area contributed by atoms with Crippen molar-refractivity contribution in [3.05, 3.63) is 11.6 Å². The number of hydrogen-bond acceptors (Lipinski definition) is 1. The number of fused-ring (bicyclic) bond motifs is 1. The number of hydrogen-bond donors (Lipinski definition) is 1. The molecule has 1 heteroatoms. The molecule has 1 unspecified atom stereocenters. The molecule has 2 aliphatic rings. The van der Waals surface area contributed by atoms with Gasteiger partial charge in [0, 0.05) is 0 Å². The molecule has 0 amide bonds. The summed E-state index contributed by atoms with van der Waals surface area (Å²) in [6.45, 7) is 4.31. The van der Waals surface area contributed by atoms with E-state index < -0.39 is 5.60 Å². The molecule has 0 aromatic rings. The summed E-state index contributed by atoms with van der Waals surface area (Å²) in [4.78, 5) is 0. The van der Waals surface area contributed by atoms with Crippen LogP contribution in [0.15, 0.2) is 11.6 Å². The zero-order valence-electron chi connectivity index (χ0n) is 8.77. The van der Waals surface area contributed by atoms with Gasteiger partial charge in [0.15, 0.2) is 0 Å². The fraction of sp³-hybridized carbons (Fsp3) is 0.833. The van der Waals surface area contributed by atoms with Crippen molar-refractivity contribution in [2.45, 2.75) is 58.0 Å². The molecule has 0 aliphatic heterocycles. The molecule has 1 nitrogen and oxygen atoms in total. The summed E-state index contributed by atoms with van der Waals surface area (Å²) in [5, 5.41) is 9.95. The van der Waals surface area contributed by atoms with E-state index in [9.17, 15) is 5.11 Å². The number of aliphatic hydroxyl groups is 1. The Morgan fingerprint density at radius 3 is 2.69 bits per heavy atom. The minimum absolute atomic E-state index is 0.431. The molecule has 2 aliphatic carbocycles. The van der Waals surface area contributed by atoms with Crippen LogP contribution in [0.2, 0.25) is 0 Å². The first-order valence-electron chi connectivity index (χ1n) is 5.47. The van der Waals surface area contributed by atoms with Gasteiger partial charge < -0.3 is 5.11 Å². The monoisotopic (exact) mass is 180 g/mol. The molecular weight excluding hydrogens is 160 g/mol. The van der Waals surface area contributed by atoms with Crippen LogP contribution < -0.4 is 0 Å². The molecule has 1 N–H and O–H groups in total. The molecule has 0 aromatic heterocycles. The standard InChI is InChI=1S/C12H20O/c1-11-6-4-3-5-10(11)9-12(2,13)8-7-11/h9,13H,3-8H2,1-2H3/t11-,12?/m0/s1. The third-order valence-corrected chi connectivity index (χ3v) is 3.87. The Labute approximate surface area is 80.8 Å². The van der Waals surface area contributed by atoms with E-state index in [2.05, 4.69) is 13.0 Å². The second kappa shape index (κ2) is 2.84. The summed E-state index contributed by atoms with van der Waals surface area (Å²) in [6, 6.07) is 0. The van der Waals surface area contributed by atoms with Crippen molar-refractivity contribution in [3.63, 3.8) is 0 Å². The Morgan fingerprint density at radius 1 is 1.15 bits per heavy atom. The fourth-order valence-corrected chi connectivity index (χ4v) is 2.80. The van der Waals surface area contributed by atoms with E-state index in [1.807, 2.05) is 6.92 Å². The lowest BCUT2D eigenvalue weighted by molar-refractivity contribution is 0.0652. The topological polar surface area (TPSA) is 20.2 Å². The average molecular weight is 180 g/mol. The normalized spacial score (nSPS) is 45.3. The van der Waals surface area contributed by atoms with Crippen LogP contribution in [0, 0.1) is 5.41 Å². The lowest BCUT2D eigenvalue weighted by atomic mass is 9.64. The van der Waals surface area contributed by atoms with Gasteiger partial charge in [-0.05, 0) is 44.4 Å². The predicted molar refractivity (Wildman–Crippen MR) is 54.5 cm³/mol. The van der Waals surface area contributed by atoms with Crippen molar-refractivity contribution in [1.29, 1.82) is 0 Å². The highest BCUT2D eigenvalue weighted by atomic mass is 16.3. The first-order chi connectivity index (χ1) is 6.02. The molecule has 0 spiro atoms. The maximum Gasteiger partial charge on any atom is 0.0802 e. The lowest BCUT2D eigenvalue weighted by Gasteiger charge is -2.43. The van der Waals surface area contributed by atoms with E-state index in [1.54, 1.807) is 0 Å². The highest BCUT2D eigenvalue weighted by Crippen LogP contribution is 2.48. The van der Waals surface area contributed by atoms with Crippen molar-refractivity contribution in [2.24, 2.45) is 5.41 Å². The van der Waals surface area contributed by atoms with Gasteiger partial charge in [-0.1, -0.05) is 25.0 Å². The Hall–Kier alpha value is -0.300. The van der Waals surface area contributed by atoms with E-state index in [-0.39, 0.29) is 0 Å². The molecule has 0 aromatic carbocycles. The molecule has 2 atom stereocenters. The van der Waals surface area contributed by atoms with Crippen LogP contribution >= 0.6 is 0 Å². The molecule has 1 fully saturated rings. The second-order valence-corrected chi connectivity index (χ2v) is 5.29. The summed E-state index contributed by atoms with van der Waals surface area (Å²) in [7, 11) is 0. The van der Waals surface area contributed by atoms with Crippen LogP contribution in [-0.2, 0) is 0 Å². The average Bonchev–Trinajstić information content (AvgIpc) is 2.05. The van der Waals surface area contributed by atoms with E-state index in [0.29, 0.717) is 5.41 Å². The van der Waals surface area contributed by atoms with Gasteiger partial charge in [-0.15, -0.1) is 0 Å². The van der Waals surface area contributed by atoms with Crippen LogP contribution in [0.5, 0.6) is 0 Å². The Kier molecular flexibility index (Phi) is 2.03. The Morgan fingerprint density at radius 2 is 1.92 bits per heavy atom. The minimum Gasteiger partial charge on any atom is -0.386 e. The highest BCUT2D eigenvalue weighted by Gasteiger charge is 2.38. The molecule has 0 saturated heterocycles. The molecular formula is C12H20O. The van der Waals surface area contributed by atoms with Crippen LogP contribution in [-0.4, -0.2) is 10.7 Å². The molecule has 0 radical (unpaired) electrons. The molecule has 0 heterocycles. The maximum atomic E-state index is 9.95. The summed E-state index contributed by atoms with van der Waals surface area (Å²) in [5.41, 5.74) is 1.43. The largest absolute Gasteiger partial charge is 0.386 e. The minimum atomic E-state index is -0.522. The zero-order chi connectivity index (χ0) is 9.53. The van der Waals surface area contributed by atoms with Gasteiger partial charge in [0.05, 0.1) is 5.60 Å². The Balaban J connectivity index is 2.28. The first kappa shape index (κ1) is 9.26. The van der Waals surface area contributed by atoms with E-state index in [4.69, 9.17) is 0 Å². The second-order valence-electron chi connectivity index (χ2n) is 5.29. The Bertz CT molecular complexity index is 240. The van der Waals surface area contributed by atoms with Crippen LogP contribution in [0.4, 0.5) is 0 Å². The molecule has 13 heavy (non-hydrogen) atoms. The van der Waals surface area contributed by atoms with Gasteiger partial charge in [-0.25, -0.2) is 0 Å². The molecule has 0 bridgehead atoms. The van der Waals surface area contributed by atoms with Gasteiger partial charge in [-0.2, -0.15) is 0 Å². The van der Waals surface area contributed by atoms with Crippen molar-refractivity contribution in [3.8, 4) is 0 Å². The van der Waals surface area contributed by atoms with Gasteiger partial charge in [-0.3, -0.25) is 0 Å². The van der Waals surface area contributed by atoms with E-state index in [0.717, 1.165) is 6.42 Å². The fourth-order valence-electron chi connectivity index (χ4n) is 2.80. The third kappa shape index (κ3) is 1.67. The van der Waals surface area contributed by atoms with Crippen molar-refractivity contribution >= 4 is 0 Å². The van der Waals surface area contributed by atoms with Gasteiger partial charge >= 0.3 is 0 Å². The summed E-state index contributed by atoms with van der Waals surface area (Å²) >= 11 is 0. The van der Waals surface area contributed by atoms with Crippen LogP contribution in [0.25, 0.3) is 0 Å². The van der Waals surface area contributed by atoms with Crippen LogP contribution in [0.3, 0.4) is 0 Å². The van der Waals surface area contributed by atoms with Gasteiger partial charge in [0.2, 0.25) is 0 Å². The number of rotatable bonds is 0. The van der Waals surface area contributed by atoms with Crippen molar-refractivity contribution < 1.29 is 5.11 Å². The smallest absolute Gasteiger partial charge is 0.0802 e. The third-order valence-electron chi connectivity index (χ3n) is 3.87.